The average Bonchev–Trinajstić information content (AvgIpc) is 2.14. The Morgan fingerprint density at radius 2 is 2.15 bits per heavy atom. The minimum Gasteiger partial charge on any atom is -0.385 e. The smallest absolute Gasteiger partial charge is 0.220 e. The van der Waals surface area contributed by atoms with Gasteiger partial charge in [-0.05, 0) is 25.8 Å². The second-order valence-corrected chi connectivity index (χ2v) is 2.94. The van der Waals surface area contributed by atoms with E-state index in [4.69, 9.17) is 10.5 Å². The molecule has 0 aromatic heterocycles. The molecule has 0 spiro atoms. The number of nitrogens with one attached hydrogen (secondary N) is 1. The van der Waals surface area contributed by atoms with Crippen LogP contribution in [0.2, 0.25) is 0 Å². The number of carbonyl (C=O) groups is 1. The molecular weight excluding hydrogens is 168 g/mol. The van der Waals surface area contributed by atoms with Crippen LogP contribution < -0.4 is 11.1 Å². The van der Waals surface area contributed by atoms with Crippen LogP contribution in [0, 0.1) is 0 Å². The first-order valence-electron chi connectivity index (χ1n) is 4.77. The van der Waals surface area contributed by atoms with Crippen LogP contribution >= 0.6 is 0 Å². The maximum absolute atomic E-state index is 11.0. The van der Waals surface area contributed by atoms with Crippen molar-refractivity contribution in [2.45, 2.75) is 25.7 Å². The molecule has 0 atom stereocenters. The lowest BCUT2D eigenvalue weighted by Crippen LogP contribution is -2.24. The molecule has 0 radical (unpaired) electrons. The highest BCUT2D eigenvalue weighted by Crippen LogP contribution is 1.89. The van der Waals surface area contributed by atoms with Crippen LogP contribution in [0.3, 0.4) is 0 Å². The van der Waals surface area contributed by atoms with Gasteiger partial charge in [-0.1, -0.05) is 0 Å². The highest BCUT2D eigenvalue weighted by Gasteiger charge is 1.98. The van der Waals surface area contributed by atoms with E-state index in [1.54, 1.807) is 7.11 Å². The standard InChI is InChI=1S/C9H20N2O2/c1-13-8-3-2-7-11-9(12)5-4-6-10/h2-8,10H2,1H3,(H,11,12). The summed E-state index contributed by atoms with van der Waals surface area (Å²) in [4.78, 5) is 11.0. The number of unbranched alkanes of at least 4 members (excludes halogenated alkanes) is 1. The number of hydrogen-bond donors (Lipinski definition) is 2. The molecule has 0 heterocycles. The Morgan fingerprint density at radius 1 is 1.38 bits per heavy atom. The van der Waals surface area contributed by atoms with Gasteiger partial charge >= 0.3 is 0 Å². The number of carbonyl (C=O) groups excluding carboxylic acids is 1. The van der Waals surface area contributed by atoms with Gasteiger partial charge in [0.15, 0.2) is 0 Å². The lowest BCUT2D eigenvalue weighted by molar-refractivity contribution is -0.121. The molecule has 13 heavy (non-hydrogen) atoms. The fraction of sp³-hybridized carbons (Fsp3) is 0.889. The molecule has 1 amide bonds. The van der Waals surface area contributed by atoms with Crippen molar-refractivity contribution in [3.63, 3.8) is 0 Å². The van der Waals surface area contributed by atoms with Gasteiger partial charge in [-0.25, -0.2) is 0 Å². The molecular formula is C9H20N2O2. The van der Waals surface area contributed by atoms with E-state index < -0.39 is 0 Å². The third-order valence-corrected chi connectivity index (χ3v) is 1.71. The molecule has 3 N–H and O–H groups in total. The lowest BCUT2D eigenvalue weighted by atomic mass is 10.3. The average molecular weight is 188 g/mol. The first-order valence-corrected chi connectivity index (χ1v) is 4.77. The van der Waals surface area contributed by atoms with Crippen molar-refractivity contribution >= 4 is 5.91 Å². The highest BCUT2D eigenvalue weighted by atomic mass is 16.5. The van der Waals surface area contributed by atoms with Crippen LogP contribution in [-0.4, -0.2) is 32.7 Å². The molecule has 0 aliphatic carbocycles. The molecule has 0 bridgehead atoms. The Balaban J connectivity index is 3.08. The molecule has 0 aliphatic rings. The lowest BCUT2D eigenvalue weighted by Gasteiger charge is -2.03. The maximum Gasteiger partial charge on any atom is 0.220 e. The molecule has 4 heteroatoms. The number of amides is 1. The third-order valence-electron chi connectivity index (χ3n) is 1.71. The van der Waals surface area contributed by atoms with Gasteiger partial charge in [0.2, 0.25) is 5.91 Å². The number of ether oxygens (including phenoxy) is 1. The van der Waals surface area contributed by atoms with Crippen LogP contribution in [-0.2, 0) is 9.53 Å². The van der Waals surface area contributed by atoms with Gasteiger partial charge in [0.25, 0.3) is 0 Å². The van der Waals surface area contributed by atoms with Gasteiger partial charge < -0.3 is 15.8 Å². The van der Waals surface area contributed by atoms with Gasteiger partial charge in [0.1, 0.15) is 0 Å². The zero-order valence-electron chi connectivity index (χ0n) is 8.34. The molecule has 78 valence electrons. The van der Waals surface area contributed by atoms with E-state index in [-0.39, 0.29) is 5.91 Å². The van der Waals surface area contributed by atoms with Crippen molar-refractivity contribution in [1.29, 1.82) is 0 Å². The highest BCUT2D eigenvalue weighted by molar-refractivity contribution is 5.75. The summed E-state index contributed by atoms with van der Waals surface area (Å²) in [7, 11) is 1.68. The summed E-state index contributed by atoms with van der Waals surface area (Å²) in [5.41, 5.74) is 5.27. The molecule has 0 saturated heterocycles. The van der Waals surface area contributed by atoms with Gasteiger partial charge in [-0.2, -0.15) is 0 Å². The topological polar surface area (TPSA) is 64.3 Å². The fourth-order valence-corrected chi connectivity index (χ4v) is 0.950. The second kappa shape index (κ2) is 9.48. The minimum atomic E-state index is 0.0999. The zero-order valence-corrected chi connectivity index (χ0v) is 8.34. The normalized spacial score (nSPS) is 10.0. The molecule has 0 unspecified atom stereocenters. The van der Waals surface area contributed by atoms with Crippen LogP contribution in [0.5, 0.6) is 0 Å². The second-order valence-electron chi connectivity index (χ2n) is 2.94. The zero-order chi connectivity index (χ0) is 9.94. The summed E-state index contributed by atoms with van der Waals surface area (Å²) in [6.07, 6.45) is 3.28. The van der Waals surface area contributed by atoms with Crippen molar-refractivity contribution in [3.8, 4) is 0 Å². The van der Waals surface area contributed by atoms with Crippen LogP contribution in [0.15, 0.2) is 0 Å². The molecule has 4 nitrogen and oxygen atoms in total. The van der Waals surface area contributed by atoms with Crippen molar-refractivity contribution in [2.75, 3.05) is 26.8 Å². The van der Waals surface area contributed by atoms with E-state index in [2.05, 4.69) is 5.32 Å². The van der Waals surface area contributed by atoms with E-state index in [1.807, 2.05) is 0 Å². The van der Waals surface area contributed by atoms with Gasteiger partial charge in [-0.15, -0.1) is 0 Å². The Kier molecular flexibility index (Phi) is 9.03. The molecule has 0 fully saturated rings. The minimum absolute atomic E-state index is 0.0999. The Hall–Kier alpha value is -0.610. The summed E-state index contributed by atoms with van der Waals surface area (Å²) in [5.74, 6) is 0.0999. The monoisotopic (exact) mass is 188 g/mol. The summed E-state index contributed by atoms with van der Waals surface area (Å²) in [6, 6.07) is 0. The number of methoxy groups -OCH3 is 1. The van der Waals surface area contributed by atoms with Crippen LogP contribution in [0.1, 0.15) is 25.7 Å². The predicted molar refractivity (Wildman–Crippen MR) is 52.4 cm³/mol. The largest absolute Gasteiger partial charge is 0.385 e. The number of rotatable bonds is 8. The van der Waals surface area contributed by atoms with Crippen molar-refractivity contribution < 1.29 is 9.53 Å². The Morgan fingerprint density at radius 3 is 2.77 bits per heavy atom. The Bertz CT molecular complexity index is 129. The molecule has 0 saturated carbocycles. The number of nitrogens with two attached hydrogens (primary N) is 1. The van der Waals surface area contributed by atoms with Gasteiger partial charge in [0, 0.05) is 26.7 Å². The number of hydrogen-bond acceptors (Lipinski definition) is 3. The quantitative estimate of drug-likeness (QED) is 0.537. The summed E-state index contributed by atoms with van der Waals surface area (Å²) in [6.45, 7) is 2.09. The van der Waals surface area contributed by atoms with E-state index in [9.17, 15) is 4.79 Å². The van der Waals surface area contributed by atoms with E-state index in [0.29, 0.717) is 13.0 Å². The van der Waals surface area contributed by atoms with Crippen LogP contribution in [0.4, 0.5) is 0 Å². The van der Waals surface area contributed by atoms with E-state index >= 15 is 0 Å². The molecule has 0 aromatic carbocycles. The van der Waals surface area contributed by atoms with Crippen LogP contribution in [0.25, 0.3) is 0 Å². The van der Waals surface area contributed by atoms with Gasteiger partial charge in [-0.3, -0.25) is 4.79 Å². The van der Waals surface area contributed by atoms with E-state index in [1.165, 1.54) is 0 Å². The summed E-state index contributed by atoms with van der Waals surface area (Å²) >= 11 is 0. The first kappa shape index (κ1) is 12.4. The van der Waals surface area contributed by atoms with Crippen molar-refractivity contribution in [3.05, 3.63) is 0 Å². The predicted octanol–water partition coefficient (Wildman–Crippen LogP) is 0.268. The van der Waals surface area contributed by atoms with Crippen molar-refractivity contribution in [1.82, 2.24) is 5.32 Å². The first-order chi connectivity index (χ1) is 6.31. The van der Waals surface area contributed by atoms with Gasteiger partial charge in [0.05, 0.1) is 0 Å². The molecule has 0 rings (SSSR count). The maximum atomic E-state index is 11.0. The third kappa shape index (κ3) is 9.30. The summed E-state index contributed by atoms with van der Waals surface area (Å²) in [5, 5.41) is 2.83. The van der Waals surface area contributed by atoms with Crippen molar-refractivity contribution in [2.24, 2.45) is 5.73 Å². The Labute approximate surface area is 79.8 Å². The molecule has 0 aromatic rings. The molecule has 0 aliphatic heterocycles. The fourth-order valence-electron chi connectivity index (χ4n) is 0.950. The van der Waals surface area contributed by atoms with E-state index in [0.717, 1.165) is 32.4 Å². The summed E-state index contributed by atoms with van der Waals surface area (Å²) < 4.78 is 4.88. The SMILES string of the molecule is COCCCCNC(=O)CCCN.